The molecular formula is C18H18ClN5. The van der Waals surface area contributed by atoms with Crippen LogP contribution in [0.3, 0.4) is 0 Å². The second-order valence-corrected chi connectivity index (χ2v) is 5.87. The quantitative estimate of drug-likeness (QED) is 0.732. The molecule has 3 rings (SSSR count). The maximum atomic E-state index is 6.26. The lowest BCUT2D eigenvalue weighted by Crippen LogP contribution is -2.20. The van der Waals surface area contributed by atoms with Crippen LogP contribution in [0.25, 0.3) is 0 Å². The molecule has 0 amide bonds. The van der Waals surface area contributed by atoms with Crippen molar-refractivity contribution in [3.05, 3.63) is 71.5 Å². The molecule has 6 heteroatoms. The summed E-state index contributed by atoms with van der Waals surface area (Å²) in [4.78, 5) is 10.5. The molecule has 0 atom stereocenters. The number of aromatic nitrogens is 2. The Morgan fingerprint density at radius 2 is 1.88 bits per heavy atom. The summed E-state index contributed by atoms with van der Waals surface area (Å²) in [6.45, 7) is 0.707. The topological polar surface area (TPSA) is 67.1 Å². The first kappa shape index (κ1) is 16.1. The number of nitrogens with zero attached hydrogens (tertiary/aromatic N) is 3. The molecule has 122 valence electrons. The number of hydrogen-bond acceptors (Lipinski definition) is 5. The van der Waals surface area contributed by atoms with Crippen LogP contribution < -0.4 is 16.0 Å². The fraction of sp³-hybridized carbons (Fsp3) is 0.111. The molecule has 0 saturated heterocycles. The Bertz CT molecular complexity index is 823. The molecule has 5 nitrogen and oxygen atoms in total. The maximum Gasteiger partial charge on any atom is 0.159 e. The number of nitrogens with one attached hydrogen (secondary N) is 1. The third kappa shape index (κ3) is 3.75. The zero-order chi connectivity index (χ0) is 16.9. The van der Waals surface area contributed by atoms with Crippen molar-refractivity contribution in [2.45, 2.75) is 6.54 Å². The van der Waals surface area contributed by atoms with Crippen molar-refractivity contribution in [1.82, 2.24) is 9.97 Å². The lowest BCUT2D eigenvalue weighted by Gasteiger charge is -2.21. The molecule has 0 saturated carbocycles. The largest absolute Gasteiger partial charge is 0.393 e. The normalized spacial score (nSPS) is 10.4. The Hall–Kier alpha value is -2.79. The van der Waals surface area contributed by atoms with Crippen LogP contribution >= 0.6 is 11.6 Å². The summed E-state index contributed by atoms with van der Waals surface area (Å²) >= 11 is 6.01. The summed E-state index contributed by atoms with van der Waals surface area (Å²) in [5.41, 5.74) is 8.76. The van der Waals surface area contributed by atoms with Crippen molar-refractivity contribution in [3.63, 3.8) is 0 Å². The van der Waals surface area contributed by atoms with Gasteiger partial charge in [-0.1, -0.05) is 48.0 Å². The first-order valence-corrected chi connectivity index (χ1v) is 7.89. The lowest BCUT2D eigenvalue weighted by atomic mass is 10.2. The van der Waals surface area contributed by atoms with Gasteiger partial charge in [0.25, 0.3) is 0 Å². The number of benzene rings is 2. The highest BCUT2D eigenvalue weighted by Crippen LogP contribution is 2.29. The van der Waals surface area contributed by atoms with Gasteiger partial charge in [-0.05, 0) is 23.8 Å². The first-order valence-electron chi connectivity index (χ1n) is 7.51. The van der Waals surface area contributed by atoms with E-state index in [0.29, 0.717) is 28.9 Å². The summed E-state index contributed by atoms with van der Waals surface area (Å²) in [5, 5.41) is 3.83. The predicted octanol–water partition coefficient (Wildman–Crippen LogP) is 4.09. The molecule has 0 radical (unpaired) electrons. The van der Waals surface area contributed by atoms with Crippen LogP contribution in [0.1, 0.15) is 5.56 Å². The van der Waals surface area contributed by atoms with E-state index in [1.807, 2.05) is 54.4 Å². The van der Waals surface area contributed by atoms with Gasteiger partial charge in [0.1, 0.15) is 12.0 Å². The molecular weight excluding hydrogens is 322 g/mol. The first-order chi connectivity index (χ1) is 11.6. The molecule has 0 aliphatic rings. The van der Waals surface area contributed by atoms with Crippen LogP contribution in [0.2, 0.25) is 5.02 Å². The average molecular weight is 340 g/mol. The summed E-state index contributed by atoms with van der Waals surface area (Å²) in [7, 11) is 1.95. The minimum Gasteiger partial charge on any atom is -0.393 e. The number of anilines is 4. The van der Waals surface area contributed by atoms with Gasteiger partial charge in [0.2, 0.25) is 0 Å². The molecule has 3 N–H and O–H groups in total. The third-order valence-electron chi connectivity index (χ3n) is 3.57. The van der Waals surface area contributed by atoms with Crippen molar-refractivity contribution < 1.29 is 0 Å². The lowest BCUT2D eigenvalue weighted by molar-refractivity contribution is 0.894. The monoisotopic (exact) mass is 339 g/mol. The SMILES string of the molecule is CN(Cc1ccccc1)c1ncnc(Nc2cccc(Cl)c2)c1N. The van der Waals surface area contributed by atoms with E-state index in [1.165, 1.54) is 11.9 Å². The zero-order valence-corrected chi connectivity index (χ0v) is 14.0. The summed E-state index contributed by atoms with van der Waals surface area (Å²) in [6.07, 6.45) is 1.50. The van der Waals surface area contributed by atoms with E-state index in [-0.39, 0.29) is 0 Å². The number of halogens is 1. The van der Waals surface area contributed by atoms with E-state index >= 15 is 0 Å². The van der Waals surface area contributed by atoms with Gasteiger partial charge < -0.3 is 16.0 Å². The van der Waals surface area contributed by atoms with Crippen LogP contribution in [0.4, 0.5) is 23.0 Å². The van der Waals surface area contributed by atoms with Gasteiger partial charge in [-0.2, -0.15) is 0 Å². The van der Waals surface area contributed by atoms with Gasteiger partial charge >= 0.3 is 0 Å². The molecule has 2 aromatic carbocycles. The van der Waals surface area contributed by atoms with Crippen LogP contribution in [0.15, 0.2) is 60.9 Å². The molecule has 0 spiro atoms. The second-order valence-electron chi connectivity index (χ2n) is 5.44. The van der Waals surface area contributed by atoms with Gasteiger partial charge in [-0.3, -0.25) is 0 Å². The summed E-state index contributed by atoms with van der Waals surface area (Å²) in [5.74, 6) is 1.24. The van der Waals surface area contributed by atoms with E-state index in [2.05, 4.69) is 27.4 Å². The molecule has 0 fully saturated rings. The molecule has 0 bridgehead atoms. The second kappa shape index (κ2) is 7.19. The fourth-order valence-corrected chi connectivity index (χ4v) is 2.62. The van der Waals surface area contributed by atoms with Crippen LogP contribution in [0, 0.1) is 0 Å². The number of nitrogens with two attached hydrogens (primary N) is 1. The van der Waals surface area contributed by atoms with Crippen LogP contribution in [-0.2, 0) is 6.54 Å². The Morgan fingerprint density at radius 1 is 1.08 bits per heavy atom. The average Bonchev–Trinajstić information content (AvgIpc) is 2.58. The van der Waals surface area contributed by atoms with Crippen molar-refractivity contribution >= 4 is 34.6 Å². The zero-order valence-electron chi connectivity index (χ0n) is 13.3. The van der Waals surface area contributed by atoms with Crippen molar-refractivity contribution in [3.8, 4) is 0 Å². The summed E-state index contributed by atoms with van der Waals surface area (Å²) in [6, 6.07) is 17.6. The minimum absolute atomic E-state index is 0.496. The van der Waals surface area contributed by atoms with E-state index < -0.39 is 0 Å². The van der Waals surface area contributed by atoms with E-state index in [0.717, 1.165) is 5.69 Å². The number of rotatable bonds is 5. The third-order valence-corrected chi connectivity index (χ3v) is 3.81. The van der Waals surface area contributed by atoms with Crippen molar-refractivity contribution in [1.29, 1.82) is 0 Å². The Labute approximate surface area is 146 Å². The Kier molecular flexibility index (Phi) is 4.82. The van der Waals surface area contributed by atoms with Crippen LogP contribution in [-0.4, -0.2) is 17.0 Å². The van der Waals surface area contributed by atoms with E-state index in [1.54, 1.807) is 0 Å². The summed E-state index contributed by atoms with van der Waals surface area (Å²) < 4.78 is 0. The Morgan fingerprint density at radius 3 is 2.62 bits per heavy atom. The standard InChI is InChI=1S/C18H18ClN5/c1-24(11-13-6-3-2-4-7-13)18-16(20)17(21-12-22-18)23-15-9-5-8-14(19)10-15/h2-10,12H,11,20H2,1H3,(H,21,22,23). The number of nitrogen functional groups attached to an aromatic ring is 1. The van der Waals surface area contributed by atoms with E-state index in [4.69, 9.17) is 17.3 Å². The van der Waals surface area contributed by atoms with Gasteiger partial charge in [0.15, 0.2) is 11.6 Å². The Balaban J connectivity index is 1.82. The van der Waals surface area contributed by atoms with Gasteiger partial charge in [0, 0.05) is 24.3 Å². The van der Waals surface area contributed by atoms with Crippen LogP contribution in [0.5, 0.6) is 0 Å². The van der Waals surface area contributed by atoms with Crippen molar-refractivity contribution in [2.24, 2.45) is 0 Å². The highest BCUT2D eigenvalue weighted by Gasteiger charge is 2.12. The van der Waals surface area contributed by atoms with E-state index in [9.17, 15) is 0 Å². The molecule has 3 aromatic rings. The molecule has 1 aromatic heterocycles. The molecule has 0 aliphatic carbocycles. The minimum atomic E-state index is 0.496. The number of hydrogen-bond donors (Lipinski definition) is 2. The van der Waals surface area contributed by atoms with Gasteiger partial charge in [-0.25, -0.2) is 9.97 Å². The molecule has 24 heavy (non-hydrogen) atoms. The van der Waals surface area contributed by atoms with Gasteiger partial charge in [-0.15, -0.1) is 0 Å². The molecule has 0 unspecified atom stereocenters. The maximum absolute atomic E-state index is 6.26. The van der Waals surface area contributed by atoms with Gasteiger partial charge in [0.05, 0.1) is 0 Å². The molecule has 1 heterocycles. The van der Waals surface area contributed by atoms with Crippen molar-refractivity contribution in [2.75, 3.05) is 23.0 Å². The highest BCUT2D eigenvalue weighted by atomic mass is 35.5. The fourth-order valence-electron chi connectivity index (χ4n) is 2.43. The highest BCUT2D eigenvalue weighted by molar-refractivity contribution is 6.30. The molecule has 0 aliphatic heterocycles. The smallest absolute Gasteiger partial charge is 0.159 e. The predicted molar refractivity (Wildman–Crippen MR) is 99.7 cm³/mol.